The lowest BCUT2D eigenvalue weighted by atomic mass is 10.1. The Bertz CT molecular complexity index is 942. The molecule has 0 saturated heterocycles. The molecular formula is C16H14N2O3. The molecule has 0 atom stereocenters. The topological polar surface area (TPSA) is 72.2 Å². The first kappa shape index (κ1) is 13.3. The van der Waals surface area contributed by atoms with Gasteiger partial charge in [0.05, 0.1) is 11.0 Å². The molecule has 0 aliphatic heterocycles. The monoisotopic (exact) mass is 282 g/mol. The molecule has 106 valence electrons. The highest BCUT2D eigenvalue weighted by molar-refractivity contribution is 5.98. The van der Waals surface area contributed by atoms with Gasteiger partial charge in [-0.25, -0.2) is 4.79 Å². The van der Waals surface area contributed by atoms with E-state index in [-0.39, 0.29) is 5.56 Å². The average Bonchev–Trinajstić information content (AvgIpc) is 2.46. The highest BCUT2D eigenvalue weighted by Crippen LogP contribution is 2.20. The number of benzene rings is 1. The third kappa shape index (κ3) is 2.07. The van der Waals surface area contributed by atoms with E-state index in [1.165, 1.54) is 6.20 Å². The fraction of sp³-hybridized carbons (Fsp3) is 0.188. The molecule has 1 aromatic carbocycles. The highest BCUT2D eigenvalue weighted by Gasteiger charge is 2.14. The van der Waals surface area contributed by atoms with Crippen molar-refractivity contribution in [3.05, 3.63) is 51.9 Å². The average molecular weight is 282 g/mol. The molecule has 0 radical (unpaired) electrons. The van der Waals surface area contributed by atoms with Gasteiger partial charge >= 0.3 is 5.97 Å². The van der Waals surface area contributed by atoms with Crippen LogP contribution in [0.25, 0.3) is 21.8 Å². The molecule has 0 saturated carbocycles. The number of hydrogen-bond donors (Lipinski definition) is 1. The fourth-order valence-corrected chi connectivity index (χ4v) is 2.52. The van der Waals surface area contributed by atoms with Crippen molar-refractivity contribution < 1.29 is 9.90 Å². The molecule has 0 spiro atoms. The van der Waals surface area contributed by atoms with Crippen molar-refractivity contribution in [2.75, 3.05) is 0 Å². The number of aromatic nitrogens is 2. The van der Waals surface area contributed by atoms with Crippen molar-refractivity contribution in [3.63, 3.8) is 0 Å². The number of pyridine rings is 2. The van der Waals surface area contributed by atoms with Crippen LogP contribution in [0.15, 0.2) is 35.3 Å². The van der Waals surface area contributed by atoms with Gasteiger partial charge < -0.3 is 9.67 Å². The SMILES string of the molecule is CCn1cc(C(=O)O)c(=O)c2cc3nc(C)ccc3cc21. The number of aromatic carboxylic acids is 1. The van der Waals surface area contributed by atoms with Crippen LogP contribution in [0.4, 0.5) is 0 Å². The molecule has 0 fully saturated rings. The first-order chi connectivity index (χ1) is 10.0. The van der Waals surface area contributed by atoms with Gasteiger partial charge in [-0.3, -0.25) is 9.78 Å². The maximum absolute atomic E-state index is 12.3. The Labute approximate surface area is 120 Å². The van der Waals surface area contributed by atoms with E-state index >= 15 is 0 Å². The molecule has 2 aromatic heterocycles. The molecule has 2 heterocycles. The Balaban J connectivity index is 2.52. The van der Waals surface area contributed by atoms with Gasteiger partial charge in [-0.1, -0.05) is 6.07 Å². The minimum absolute atomic E-state index is 0.212. The number of rotatable bonds is 2. The summed E-state index contributed by atoms with van der Waals surface area (Å²) in [6, 6.07) is 7.42. The molecule has 3 rings (SSSR count). The predicted molar refractivity (Wildman–Crippen MR) is 80.9 cm³/mol. The molecule has 5 nitrogen and oxygen atoms in total. The first-order valence-electron chi connectivity index (χ1n) is 6.69. The number of hydrogen-bond acceptors (Lipinski definition) is 3. The molecule has 5 heteroatoms. The zero-order valence-electron chi connectivity index (χ0n) is 11.8. The number of fused-ring (bicyclic) bond motifs is 2. The molecule has 0 amide bonds. The van der Waals surface area contributed by atoms with E-state index in [1.54, 1.807) is 10.6 Å². The molecule has 0 unspecified atom stereocenters. The second kappa shape index (κ2) is 4.70. The standard InChI is InChI=1S/C16H14N2O3/c1-3-18-8-12(16(20)21)15(19)11-7-13-10(6-14(11)18)5-4-9(2)17-13/h4-8H,3H2,1-2H3,(H,20,21). The van der Waals surface area contributed by atoms with Gasteiger partial charge in [0.25, 0.3) is 0 Å². The Morgan fingerprint density at radius 3 is 2.76 bits per heavy atom. The minimum Gasteiger partial charge on any atom is -0.477 e. The Morgan fingerprint density at radius 1 is 1.33 bits per heavy atom. The molecular weight excluding hydrogens is 268 g/mol. The fourth-order valence-electron chi connectivity index (χ4n) is 2.52. The minimum atomic E-state index is -1.21. The lowest BCUT2D eigenvalue weighted by Gasteiger charge is -2.11. The van der Waals surface area contributed by atoms with Crippen LogP contribution in [-0.4, -0.2) is 20.6 Å². The number of carbonyl (C=O) groups is 1. The second-order valence-corrected chi connectivity index (χ2v) is 4.98. The van der Waals surface area contributed by atoms with Crippen molar-refractivity contribution in [1.82, 2.24) is 9.55 Å². The van der Waals surface area contributed by atoms with E-state index in [0.29, 0.717) is 17.4 Å². The molecule has 3 aromatic rings. The second-order valence-electron chi connectivity index (χ2n) is 4.98. The van der Waals surface area contributed by atoms with E-state index in [9.17, 15) is 14.7 Å². The summed E-state index contributed by atoms with van der Waals surface area (Å²) in [7, 11) is 0. The lowest BCUT2D eigenvalue weighted by Crippen LogP contribution is -2.18. The Morgan fingerprint density at radius 2 is 2.10 bits per heavy atom. The quantitative estimate of drug-likeness (QED) is 0.733. The van der Waals surface area contributed by atoms with Crippen LogP contribution in [0.2, 0.25) is 0 Å². The molecule has 21 heavy (non-hydrogen) atoms. The van der Waals surface area contributed by atoms with Gasteiger partial charge in [-0.05, 0) is 32.0 Å². The molecule has 1 N–H and O–H groups in total. The summed E-state index contributed by atoms with van der Waals surface area (Å²) in [5.74, 6) is -1.21. The van der Waals surface area contributed by atoms with Crippen LogP contribution < -0.4 is 5.43 Å². The van der Waals surface area contributed by atoms with Gasteiger partial charge in [0.15, 0.2) is 0 Å². The largest absolute Gasteiger partial charge is 0.477 e. The van der Waals surface area contributed by atoms with Crippen LogP contribution in [0.3, 0.4) is 0 Å². The summed E-state index contributed by atoms with van der Waals surface area (Å²) in [5, 5.41) is 10.5. The number of carboxylic acid groups (broad SMARTS) is 1. The smallest absolute Gasteiger partial charge is 0.341 e. The van der Waals surface area contributed by atoms with Crippen molar-refractivity contribution in [2.45, 2.75) is 20.4 Å². The zero-order chi connectivity index (χ0) is 15.1. The van der Waals surface area contributed by atoms with Crippen LogP contribution in [-0.2, 0) is 6.54 Å². The predicted octanol–water partition coefficient (Wildman–Crippen LogP) is 2.58. The lowest BCUT2D eigenvalue weighted by molar-refractivity contribution is 0.0695. The van der Waals surface area contributed by atoms with Gasteiger partial charge in [-0.15, -0.1) is 0 Å². The van der Waals surface area contributed by atoms with Crippen LogP contribution >= 0.6 is 0 Å². The third-order valence-electron chi connectivity index (χ3n) is 3.60. The summed E-state index contributed by atoms with van der Waals surface area (Å²) in [5.41, 5.74) is 1.60. The van der Waals surface area contributed by atoms with Crippen LogP contribution in [0, 0.1) is 6.92 Å². The molecule has 0 aliphatic carbocycles. The van der Waals surface area contributed by atoms with Gasteiger partial charge in [0, 0.05) is 29.2 Å². The van der Waals surface area contributed by atoms with E-state index in [2.05, 4.69) is 4.98 Å². The van der Waals surface area contributed by atoms with E-state index < -0.39 is 11.4 Å². The van der Waals surface area contributed by atoms with Crippen molar-refractivity contribution in [3.8, 4) is 0 Å². The summed E-state index contributed by atoms with van der Waals surface area (Å²) in [4.78, 5) is 28.0. The maximum Gasteiger partial charge on any atom is 0.341 e. The maximum atomic E-state index is 12.3. The van der Waals surface area contributed by atoms with Crippen molar-refractivity contribution in [1.29, 1.82) is 0 Å². The summed E-state index contributed by atoms with van der Waals surface area (Å²) < 4.78 is 1.78. The van der Waals surface area contributed by atoms with Gasteiger partial charge in [0.2, 0.25) is 5.43 Å². The van der Waals surface area contributed by atoms with Gasteiger partial charge in [0.1, 0.15) is 5.56 Å². The van der Waals surface area contributed by atoms with E-state index in [4.69, 9.17) is 0 Å². The Kier molecular flexibility index (Phi) is 2.97. The first-order valence-corrected chi connectivity index (χ1v) is 6.69. The van der Waals surface area contributed by atoms with Gasteiger partial charge in [-0.2, -0.15) is 0 Å². The van der Waals surface area contributed by atoms with E-state index in [0.717, 1.165) is 16.6 Å². The summed E-state index contributed by atoms with van der Waals surface area (Å²) >= 11 is 0. The Hall–Kier alpha value is -2.69. The number of carboxylic acids is 1. The van der Waals surface area contributed by atoms with Crippen molar-refractivity contribution in [2.24, 2.45) is 0 Å². The van der Waals surface area contributed by atoms with Crippen LogP contribution in [0.5, 0.6) is 0 Å². The zero-order valence-corrected chi connectivity index (χ0v) is 11.8. The third-order valence-corrected chi connectivity index (χ3v) is 3.60. The van der Waals surface area contributed by atoms with Crippen molar-refractivity contribution >= 4 is 27.8 Å². The van der Waals surface area contributed by atoms with E-state index in [1.807, 2.05) is 32.0 Å². The number of aryl methyl sites for hydroxylation is 2. The van der Waals surface area contributed by atoms with Crippen LogP contribution in [0.1, 0.15) is 23.0 Å². The number of nitrogens with zero attached hydrogens (tertiary/aromatic N) is 2. The highest BCUT2D eigenvalue weighted by atomic mass is 16.4. The molecule has 0 aliphatic rings. The summed E-state index contributed by atoms with van der Waals surface area (Å²) in [6.45, 7) is 4.37. The molecule has 0 bridgehead atoms. The normalized spacial score (nSPS) is 11.1. The summed E-state index contributed by atoms with van der Waals surface area (Å²) in [6.07, 6.45) is 1.40.